The number of hydrogen-bond donors (Lipinski definition) is 2. The van der Waals surface area contributed by atoms with Gasteiger partial charge in [0.15, 0.2) is 0 Å². The monoisotopic (exact) mass is 276 g/mol. The SMILES string of the molecule is CCNC(=O)c1ccc(NC2CCC(OC)CC2)cc1. The average molecular weight is 276 g/mol. The zero-order valence-corrected chi connectivity index (χ0v) is 12.3. The van der Waals surface area contributed by atoms with Gasteiger partial charge in [-0.3, -0.25) is 4.79 Å². The summed E-state index contributed by atoms with van der Waals surface area (Å²) >= 11 is 0. The van der Waals surface area contributed by atoms with Gasteiger partial charge in [0.25, 0.3) is 5.91 Å². The minimum absolute atomic E-state index is 0.0142. The van der Waals surface area contributed by atoms with Crippen LogP contribution in [0.5, 0.6) is 0 Å². The highest BCUT2D eigenvalue weighted by Gasteiger charge is 2.20. The summed E-state index contributed by atoms with van der Waals surface area (Å²) < 4.78 is 5.38. The van der Waals surface area contributed by atoms with Gasteiger partial charge in [0, 0.05) is 30.9 Å². The van der Waals surface area contributed by atoms with E-state index in [2.05, 4.69) is 10.6 Å². The second-order valence-corrected chi connectivity index (χ2v) is 5.29. The highest BCUT2D eigenvalue weighted by molar-refractivity contribution is 5.94. The Balaban J connectivity index is 1.86. The molecule has 1 aliphatic rings. The molecule has 0 aromatic heterocycles. The van der Waals surface area contributed by atoms with Gasteiger partial charge in [-0.05, 0) is 56.9 Å². The van der Waals surface area contributed by atoms with Crippen molar-refractivity contribution in [2.75, 3.05) is 19.0 Å². The standard InChI is InChI=1S/C16H24N2O2/c1-3-17-16(19)12-4-6-13(7-5-12)18-14-8-10-15(20-2)11-9-14/h4-7,14-15,18H,3,8-11H2,1-2H3,(H,17,19). The molecule has 0 atom stereocenters. The number of ether oxygens (including phenoxy) is 1. The second-order valence-electron chi connectivity index (χ2n) is 5.29. The smallest absolute Gasteiger partial charge is 0.251 e. The Morgan fingerprint density at radius 1 is 1.20 bits per heavy atom. The van der Waals surface area contributed by atoms with Gasteiger partial charge >= 0.3 is 0 Å². The van der Waals surface area contributed by atoms with Crippen LogP contribution in [-0.4, -0.2) is 31.7 Å². The van der Waals surface area contributed by atoms with Crippen molar-refractivity contribution in [2.24, 2.45) is 0 Å². The van der Waals surface area contributed by atoms with Crippen LogP contribution in [0.3, 0.4) is 0 Å². The van der Waals surface area contributed by atoms with Gasteiger partial charge in [-0.25, -0.2) is 0 Å². The molecule has 1 aromatic rings. The van der Waals surface area contributed by atoms with Crippen LogP contribution >= 0.6 is 0 Å². The molecular weight excluding hydrogens is 252 g/mol. The maximum Gasteiger partial charge on any atom is 0.251 e. The predicted molar refractivity (Wildman–Crippen MR) is 81.1 cm³/mol. The fraction of sp³-hybridized carbons (Fsp3) is 0.562. The molecule has 4 heteroatoms. The van der Waals surface area contributed by atoms with E-state index in [0.717, 1.165) is 31.4 Å². The molecule has 0 heterocycles. The van der Waals surface area contributed by atoms with Crippen LogP contribution in [-0.2, 0) is 4.74 Å². The third kappa shape index (κ3) is 3.97. The minimum atomic E-state index is -0.0142. The average Bonchev–Trinajstić information content (AvgIpc) is 2.49. The fourth-order valence-electron chi connectivity index (χ4n) is 2.66. The van der Waals surface area contributed by atoms with E-state index < -0.39 is 0 Å². The summed E-state index contributed by atoms with van der Waals surface area (Å²) in [5, 5.41) is 6.34. The fourth-order valence-corrected chi connectivity index (χ4v) is 2.66. The molecule has 4 nitrogen and oxygen atoms in total. The molecule has 1 aliphatic carbocycles. The summed E-state index contributed by atoms with van der Waals surface area (Å²) in [5.41, 5.74) is 1.79. The van der Waals surface area contributed by atoms with E-state index in [0.29, 0.717) is 24.3 Å². The van der Waals surface area contributed by atoms with Crippen molar-refractivity contribution < 1.29 is 9.53 Å². The van der Waals surface area contributed by atoms with E-state index in [9.17, 15) is 4.79 Å². The van der Waals surface area contributed by atoms with Crippen molar-refractivity contribution in [3.63, 3.8) is 0 Å². The van der Waals surface area contributed by atoms with Gasteiger partial charge in [0.1, 0.15) is 0 Å². The lowest BCUT2D eigenvalue weighted by molar-refractivity contribution is 0.0682. The molecule has 2 N–H and O–H groups in total. The number of anilines is 1. The normalized spacial score (nSPS) is 22.3. The lowest BCUT2D eigenvalue weighted by Crippen LogP contribution is -2.29. The first-order valence-electron chi connectivity index (χ1n) is 7.40. The molecule has 1 fully saturated rings. The van der Waals surface area contributed by atoms with Gasteiger partial charge in [-0.1, -0.05) is 0 Å². The Morgan fingerprint density at radius 3 is 2.40 bits per heavy atom. The first kappa shape index (κ1) is 14.9. The van der Waals surface area contributed by atoms with Gasteiger partial charge < -0.3 is 15.4 Å². The van der Waals surface area contributed by atoms with Crippen molar-refractivity contribution in [3.05, 3.63) is 29.8 Å². The summed E-state index contributed by atoms with van der Waals surface area (Å²) in [7, 11) is 1.79. The lowest BCUT2D eigenvalue weighted by Gasteiger charge is -2.28. The molecule has 2 rings (SSSR count). The van der Waals surface area contributed by atoms with Crippen molar-refractivity contribution in [3.8, 4) is 0 Å². The van der Waals surface area contributed by atoms with Crippen LogP contribution in [0.15, 0.2) is 24.3 Å². The molecule has 1 saturated carbocycles. The quantitative estimate of drug-likeness (QED) is 0.869. The Hall–Kier alpha value is -1.55. The van der Waals surface area contributed by atoms with Gasteiger partial charge in [-0.2, -0.15) is 0 Å². The number of nitrogens with one attached hydrogen (secondary N) is 2. The largest absolute Gasteiger partial charge is 0.382 e. The van der Waals surface area contributed by atoms with Crippen LogP contribution in [0.1, 0.15) is 43.0 Å². The van der Waals surface area contributed by atoms with E-state index in [1.165, 1.54) is 0 Å². The topological polar surface area (TPSA) is 50.4 Å². The number of hydrogen-bond acceptors (Lipinski definition) is 3. The van der Waals surface area contributed by atoms with E-state index in [-0.39, 0.29) is 5.91 Å². The molecular formula is C16H24N2O2. The first-order chi connectivity index (χ1) is 9.72. The van der Waals surface area contributed by atoms with Gasteiger partial charge in [0.05, 0.1) is 6.10 Å². The van der Waals surface area contributed by atoms with Crippen LogP contribution in [0.2, 0.25) is 0 Å². The number of carbonyl (C=O) groups is 1. The zero-order valence-electron chi connectivity index (χ0n) is 12.3. The summed E-state index contributed by atoms with van der Waals surface area (Å²) in [5.74, 6) is -0.0142. The number of amides is 1. The van der Waals surface area contributed by atoms with E-state index in [4.69, 9.17) is 4.74 Å². The van der Waals surface area contributed by atoms with Crippen LogP contribution in [0.4, 0.5) is 5.69 Å². The molecule has 110 valence electrons. The van der Waals surface area contributed by atoms with Crippen LogP contribution in [0.25, 0.3) is 0 Å². The highest BCUT2D eigenvalue weighted by atomic mass is 16.5. The molecule has 0 saturated heterocycles. The Labute approximate surface area is 120 Å². The lowest BCUT2D eigenvalue weighted by atomic mass is 9.93. The summed E-state index contributed by atoms with van der Waals surface area (Å²) in [6, 6.07) is 8.21. The molecule has 1 aromatic carbocycles. The maximum atomic E-state index is 11.7. The predicted octanol–water partition coefficient (Wildman–Crippen LogP) is 2.81. The van der Waals surface area contributed by atoms with E-state index in [1.54, 1.807) is 7.11 Å². The number of carbonyl (C=O) groups excluding carboxylic acids is 1. The summed E-state index contributed by atoms with van der Waals surface area (Å²) in [6.07, 6.45) is 4.93. The van der Waals surface area contributed by atoms with Crippen LogP contribution < -0.4 is 10.6 Å². The van der Waals surface area contributed by atoms with E-state index >= 15 is 0 Å². The van der Waals surface area contributed by atoms with Gasteiger partial charge in [-0.15, -0.1) is 0 Å². The van der Waals surface area contributed by atoms with E-state index in [1.807, 2.05) is 31.2 Å². The Bertz CT molecular complexity index is 423. The first-order valence-corrected chi connectivity index (χ1v) is 7.40. The molecule has 20 heavy (non-hydrogen) atoms. The number of rotatable bonds is 5. The molecule has 0 aliphatic heterocycles. The molecule has 0 spiro atoms. The van der Waals surface area contributed by atoms with Crippen LogP contribution in [0, 0.1) is 0 Å². The third-order valence-electron chi connectivity index (χ3n) is 3.86. The Morgan fingerprint density at radius 2 is 1.85 bits per heavy atom. The van der Waals surface area contributed by atoms with Crippen molar-refractivity contribution in [1.82, 2.24) is 5.32 Å². The Kier molecular flexibility index (Phi) is 5.41. The summed E-state index contributed by atoms with van der Waals surface area (Å²) in [4.78, 5) is 11.7. The van der Waals surface area contributed by atoms with Crippen molar-refractivity contribution >= 4 is 11.6 Å². The summed E-state index contributed by atoms with van der Waals surface area (Å²) in [6.45, 7) is 2.58. The highest BCUT2D eigenvalue weighted by Crippen LogP contribution is 2.23. The van der Waals surface area contributed by atoms with Gasteiger partial charge in [0.2, 0.25) is 0 Å². The molecule has 0 radical (unpaired) electrons. The second kappa shape index (κ2) is 7.29. The molecule has 1 amide bonds. The third-order valence-corrected chi connectivity index (χ3v) is 3.86. The molecule has 0 unspecified atom stereocenters. The number of methoxy groups -OCH3 is 1. The number of benzene rings is 1. The molecule has 0 bridgehead atoms. The zero-order chi connectivity index (χ0) is 14.4. The minimum Gasteiger partial charge on any atom is -0.382 e. The van der Waals surface area contributed by atoms with Crippen molar-refractivity contribution in [2.45, 2.75) is 44.8 Å². The maximum absolute atomic E-state index is 11.7. The van der Waals surface area contributed by atoms with Crippen molar-refractivity contribution in [1.29, 1.82) is 0 Å².